The lowest BCUT2D eigenvalue weighted by Gasteiger charge is -2.60. The summed E-state index contributed by atoms with van der Waals surface area (Å²) < 4.78 is 0. The lowest BCUT2D eigenvalue weighted by atomic mass is 9.45. The van der Waals surface area contributed by atoms with Gasteiger partial charge in [0.25, 0.3) is 0 Å². The van der Waals surface area contributed by atoms with E-state index in [9.17, 15) is 0 Å². The van der Waals surface area contributed by atoms with Crippen molar-refractivity contribution in [2.45, 2.75) is 60.8 Å². The van der Waals surface area contributed by atoms with Crippen LogP contribution in [0.15, 0.2) is 0 Å². The van der Waals surface area contributed by atoms with Crippen molar-refractivity contribution in [3.8, 4) is 0 Å². The van der Waals surface area contributed by atoms with Crippen LogP contribution in [0.2, 0.25) is 0 Å². The van der Waals surface area contributed by atoms with Gasteiger partial charge < -0.3 is 0 Å². The molecule has 0 radical (unpaired) electrons. The van der Waals surface area contributed by atoms with E-state index in [-0.39, 0.29) is 7.43 Å². The Balaban J connectivity index is 0.000000980. The molecule has 0 saturated heterocycles. The number of hydrogen-bond acceptors (Lipinski definition) is 0. The summed E-state index contributed by atoms with van der Waals surface area (Å²) in [5, 5.41) is 0. The van der Waals surface area contributed by atoms with Gasteiger partial charge in [-0.25, -0.2) is 0 Å². The van der Waals surface area contributed by atoms with Gasteiger partial charge in [0.15, 0.2) is 0 Å². The Morgan fingerprint density at radius 1 is 1.21 bits per heavy atom. The molecule has 0 aromatic heterocycles. The fourth-order valence-corrected chi connectivity index (χ4v) is 3.85. The third-order valence-electron chi connectivity index (χ3n) is 4.78. The van der Waals surface area contributed by atoms with Crippen LogP contribution >= 0.6 is 0 Å². The third kappa shape index (κ3) is 1.73. The van der Waals surface area contributed by atoms with Gasteiger partial charge in [-0.05, 0) is 54.8 Å². The minimum Gasteiger partial charge on any atom is -0.0776 e. The zero-order chi connectivity index (χ0) is 9.64. The van der Waals surface area contributed by atoms with Gasteiger partial charge in [0.05, 0.1) is 0 Å². The van der Waals surface area contributed by atoms with Gasteiger partial charge in [0.1, 0.15) is 0 Å². The zero-order valence-electron chi connectivity index (χ0n) is 9.64. The third-order valence-corrected chi connectivity index (χ3v) is 4.78. The molecule has 3 atom stereocenters. The normalized spacial score (nSPS) is 38.8. The molecule has 0 spiro atoms. The molecular weight excluding hydrogens is 168 g/mol. The molecule has 2 bridgehead atoms. The summed E-state index contributed by atoms with van der Waals surface area (Å²) in [6, 6.07) is 0. The molecule has 0 amide bonds. The molecule has 0 nitrogen and oxygen atoms in total. The molecule has 0 aromatic carbocycles. The maximum atomic E-state index is 2.50. The number of hydrogen-bond donors (Lipinski definition) is 0. The van der Waals surface area contributed by atoms with Crippen LogP contribution in [0, 0.1) is 29.1 Å². The highest BCUT2D eigenvalue weighted by molar-refractivity contribution is 5.03. The van der Waals surface area contributed by atoms with E-state index < -0.39 is 0 Å². The van der Waals surface area contributed by atoms with E-state index in [2.05, 4.69) is 27.7 Å². The topological polar surface area (TPSA) is 0 Å². The second-order valence-electron chi connectivity index (χ2n) is 6.33. The van der Waals surface area contributed by atoms with Crippen LogP contribution in [-0.2, 0) is 0 Å². The molecule has 84 valence electrons. The Labute approximate surface area is 90.5 Å². The molecule has 3 saturated carbocycles. The average molecular weight is 196 g/mol. The van der Waals surface area contributed by atoms with E-state index in [0.29, 0.717) is 5.41 Å². The second-order valence-corrected chi connectivity index (χ2v) is 6.33. The van der Waals surface area contributed by atoms with E-state index >= 15 is 0 Å². The van der Waals surface area contributed by atoms with E-state index in [1.54, 1.807) is 6.42 Å². The predicted octanol–water partition coefficient (Wildman–Crippen LogP) is 4.74. The maximum absolute atomic E-state index is 2.50. The minimum atomic E-state index is 0. The highest BCUT2D eigenvalue weighted by Crippen LogP contribution is 2.62. The molecule has 0 heteroatoms. The monoisotopic (exact) mass is 196 g/mol. The molecule has 0 N–H and O–H groups in total. The van der Waals surface area contributed by atoms with Crippen LogP contribution < -0.4 is 0 Å². The Morgan fingerprint density at radius 2 is 1.86 bits per heavy atom. The molecule has 14 heavy (non-hydrogen) atoms. The maximum Gasteiger partial charge on any atom is -0.0295 e. The highest BCUT2D eigenvalue weighted by atomic mass is 14.6. The molecule has 3 rings (SSSR count). The first-order valence-corrected chi connectivity index (χ1v) is 6.01. The molecule has 0 aliphatic heterocycles. The van der Waals surface area contributed by atoms with Gasteiger partial charge in [-0.2, -0.15) is 0 Å². The molecule has 3 aliphatic carbocycles. The number of rotatable bonds is 2. The van der Waals surface area contributed by atoms with E-state index in [1.165, 1.54) is 19.3 Å². The molecule has 0 aromatic rings. The van der Waals surface area contributed by atoms with Crippen molar-refractivity contribution in [1.82, 2.24) is 0 Å². The van der Waals surface area contributed by atoms with Crippen molar-refractivity contribution >= 4 is 0 Å². The zero-order valence-corrected chi connectivity index (χ0v) is 9.64. The van der Waals surface area contributed by atoms with Crippen molar-refractivity contribution in [2.75, 3.05) is 0 Å². The summed E-state index contributed by atoms with van der Waals surface area (Å²) in [6.45, 7) is 9.74. The SMILES string of the molecule is C.CC(C)CC1CC[C@@H]2C[C@H]1C2(C)C. The van der Waals surface area contributed by atoms with Gasteiger partial charge in [0, 0.05) is 0 Å². The van der Waals surface area contributed by atoms with Crippen molar-refractivity contribution in [3.63, 3.8) is 0 Å². The van der Waals surface area contributed by atoms with Gasteiger partial charge in [-0.3, -0.25) is 0 Å². The fourth-order valence-electron chi connectivity index (χ4n) is 3.85. The minimum absolute atomic E-state index is 0. The van der Waals surface area contributed by atoms with Crippen molar-refractivity contribution < 1.29 is 0 Å². The molecular formula is C14H28. The van der Waals surface area contributed by atoms with Gasteiger partial charge in [0.2, 0.25) is 0 Å². The average Bonchev–Trinajstić information content (AvgIpc) is 2.03. The predicted molar refractivity (Wildman–Crippen MR) is 64.3 cm³/mol. The van der Waals surface area contributed by atoms with E-state index in [4.69, 9.17) is 0 Å². The summed E-state index contributed by atoms with van der Waals surface area (Å²) in [5.74, 6) is 4.09. The van der Waals surface area contributed by atoms with Gasteiger partial charge in [-0.1, -0.05) is 35.1 Å². The first kappa shape index (κ1) is 12.1. The molecule has 1 unspecified atom stereocenters. The second kappa shape index (κ2) is 3.87. The van der Waals surface area contributed by atoms with Crippen LogP contribution in [0.25, 0.3) is 0 Å². The van der Waals surface area contributed by atoms with E-state index in [0.717, 1.165) is 23.7 Å². The lowest BCUT2D eigenvalue weighted by Crippen LogP contribution is -2.52. The Kier molecular flexibility index (Phi) is 3.33. The van der Waals surface area contributed by atoms with Crippen LogP contribution in [-0.4, -0.2) is 0 Å². The van der Waals surface area contributed by atoms with Crippen LogP contribution in [0.5, 0.6) is 0 Å². The van der Waals surface area contributed by atoms with Crippen LogP contribution in [0.1, 0.15) is 60.8 Å². The first-order chi connectivity index (χ1) is 6.01. The summed E-state index contributed by atoms with van der Waals surface area (Å²) >= 11 is 0. The largest absolute Gasteiger partial charge is 0.0776 e. The Bertz CT molecular complexity index is 188. The van der Waals surface area contributed by atoms with Crippen LogP contribution in [0.3, 0.4) is 0 Å². The number of fused-ring (bicyclic) bond motifs is 2. The first-order valence-electron chi connectivity index (χ1n) is 6.01. The summed E-state index contributed by atoms with van der Waals surface area (Å²) in [7, 11) is 0. The Hall–Kier alpha value is 0. The quantitative estimate of drug-likeness (QED) is 0.598. The molecule has 3 fully saturated rings. The highest BCUT2D eigenvalue weighted by Gasteiger charge is 2.53. The summed E-state index contributed by atoms with van der Waals surface area (Å²) in [4.78, 5) is 0. The van der Waals surface area contributed by atoms with Crippen LogP contribution in [0.4, 0.5) is 0 Å². The van der Waals surface area contributed by atoms with Crippen molar-refractivity contribution in [3.05, 3.63) is 0 Å². The summed E-state index contributed by atoms with van der Waals surface area (Å²) in [6.07, 6.45) is 6.06. The Morgan fingerprint density at radius 3 is 2.29 bits per heavy atom. The summed E-state index contributed by atoms with van der Waals surface area (Å²) in [5.41, 5.74) is 0.692. The fraction of sp³-hybridized carbons (Fsp3) is 1.00. The molecule has 3 aliphatic rings. The lowest BCUT2D eigenvalue weighted by molar-refractivity contribution is -0.109. The standard InChI is InChI=1S/C13H24.CH4/c1-9(2)7-10-5-6-11-8-12(10)13(11,3)4;/h9-12H,5-8H2,1-4H3;1H4/t10?,11-,12-;/m1./s1. The van der Waals surface area contributed by atoms with Crippen molar-refractivity contribution in [2.24, 2.45) is 29.1 Å². The van der Waals surface area contributed by atoms with Gasteiger partial charge >= 0.3 is 0 Å². The smallest absolute Gasteiger partial charge is 0.0295 e. The van der Waals surface area contributed by atoms with Crippen molar-refractivity contribution in [1.29, 1.82) is 0 Å². The molecule has 0 heterocycles. The van der Waals surface area contributed by atoms with E-state index in [1.807, 2.05) is 0 Å². The van der Waals surface area contributed by atoms with Gasteiger partial charge in [-0.15, -0.1) is 0 Å².